The minimum absolute atomic E-state index is 0.798. The van der Waals surface area contributed by atoms with Gasteiger partial charge in [-0.05, 0) is 52.7 Å². The molecule has 0 aliphatic heterocycles. The molecular weight excluding hydrogens is 417 g/mol. The van der Waals surface area contributed by atoms with Crippen molar-refractivity contribution < 1.29 is 0 Å². The largest absolute Gasteiger partial charge is 0.313 e. The second kappa shape index (κ2) is 7.40. The summed E-state index contributed by atoms with van der Waals surface area (Å²) < 4.78 is 4.26. The molecule has 0 amide bonds. The number of hydrogen-bond donors (Lipinski definition) is 1. The quantitative estimate of drug-likeness (QED) is 0.554. The predicted molar refractivity (Wildman–Crippen MR) is 90.2 cm³/mol. The Bertz CT molecular complexity index is 539. The summed E-state index contributed by atoms with van der Waals surface area (Å²) >= 11 is 5.92. The minimum Gasteiger partial charge on any atom is -0.313 e. The molecule has 0 bridgehead atoms. The van der Waals surface area contributed by atoms with E-state index in [0.717, 1.165) is 34.1 Å². The maximum atomic E-state index is 4.31. The predicted octanol–water partition coefficient (Wildman–Crippen LogP) is 3.80. The molecule has 0 aliphatic carbocycles. The van der Waals surface area contributed by atoms with E-state index in [1.54, 1.807) is 0 Å². The van der Waals surface area contributed by atoms with Crippen molar-refractivity contribution in [2.24, 2.45) is 0 Å². The summed E-state index contributed by atoms with van der Waals surface area (Å²) in [7, 11) is 0. The van der Waals surface area contributed by atoms with Gasteiger partial charge in [0.15, 0.2) is 0 Å². The molecule has 0 saturated carbocycles. The highest BCUT2D eigenvalue weighted by Crippen LogP contribution is 2.20. The fourth-order valence-corrected chi connectivity index (χ4v) is 2.84. The Morgan fingerprint density at radius 3 is 2.89 bits per heavy atom. The summed E-state index contributed by atoms with van der Waals surface area (Å²) in [4.78, 5) is 0. The van der Waals surface area contributed by atoms with Gasteiger partial charge in [0.05, 0.1) is 16.3 Å². The monoisotopic (exact) mass is 433 g/mol. The number of hydrogen-bond acceptors (Lipinski definition) is 2. The second-order valence-corrected chi connectivity index (χ2v) is 6.56. The first-order valence-corrected chi connectivity index (χ1v) is 8.22. The first kappa shape index (κ1) is 15.0. The van der Waals surface area contributed by atoms with Gasteiger partial charge in [-0.2, -0.15) is 5.10 Å². The van der Waals surface area contributed by atoms with Crippen LogP contribution in [0.1, 0.15) is 24.5 Å². The third kappa shape index (κ3) is 4.57. The van der Waals surface area contributed by atoms with Crippen molar-refractivity contribution in [3.8, 4) is 0 Å². The van der Waals surface area contributed by atoms with Crippen LogP contribution in [-0.4, -0.2) is 16.3 Å². The van der Waals surface area contributed by atoms with Gasteiger partial charge in [-0.3, -0.25) is 4.68 Å². The molecule has 1 N–H and O–H groups in total. The minimum atomic E-state index is 0.798. The van der Waals surface area contributed by atoms with Gasteiger partial charge in [0.1, 0.15) is 0 Å². The van der Waals surface area contributed by atoms with E-state index < -0.39 is 0 Å². The van der Waals surface area contributed by atoms with Crippen LogP contribution in [0.2, 0.25) is 0 Å². The molecular formula is C14H17BrIN3. The Morgan fingerprint density at radius 2 is 2.26 bits per heavy atom. The summed E-state index contributed by atoms with van der Waals surface area (Å²) in [6.07, 6.45) is 5.08. The van der Waals surface area contributed by atoms with Crippen LogP contribution in [0.4, 0.5) is 0 Å². The lowest BCUT2D eigenvalue weighted by Gasteiger charge is -2.08. The molecule has 19 heavy (non-hydrogen) atoms. The third-order valence-electron chi connectivity index (χ3n) is 2.81. The van der Waals surface area contributed by atoms with Crippen LogP contribution in [0, 0.1) is 3.57 Å². The Hall–Kier alpha value is -0.400. The first-order valence-electron chi connectivity index (χ1n) is 6.35. The summed E-state index contributed by atoms with van der Waals surface area (Å²) in [5, 5.41) is 7.72. The van der Waals surface area contributed by atoms with E-state index in [-0.39, 0.29) is 0 Å². The average molecular weight is 434 g/mol. The highest BCUT2D eigenvalue weighted by molar-refractivity contribution is 14.1. The number of benzene rings is 1. The van der Waals surface area contributed by atoms with E-state index in [4.69, 9.17) is 0 Å². The van der Waals surface area contributed by atoms with E-state index in [1.807, 2.05) is 17.1 Å². The third-order valence-corrected chi connectivity index (χ3v) is 4.10. The lowest BCUT2D eigenvalue weighted by molar-refractivity contribution is 0.671. The summed E-state index contributed by atoms with van der Waals surface area (Å²) in [6, 6.07) is 6.53. The summed E-state index contributed by atoms with van der Waals surface area (Å²) in [6.45, 7) is 4.96. The Balaban J connectivity index is 2.02. The lowest BCUT2D eigenvalue weighted by Crippen LogP contribution is -2.13. The maximum absolute atomic E-state index is 4.31. The molecule has 0 saturated heterocycles. The number of nitrogens with zero attached hydrogens (tertiary/aromatic N) is 2. The molecule has 0 unspecified atom stereocenters. The van der Waals surface area contributed by atoms with Gasteiger partial charge in [0.2, 0.25) is 0 Å². The number of halogens is 2. The van der Waals surface area contributed by atoms with Crippen LogP contribution in [-0.2, 0) is 13.1 Å². The topological polar surface area (TPSA) is 29.9 Å². The molecule has 1 aromatic heterocycles. The van der Waals surface area contributed by atoms with E-state index in [0.29, 0.717) is 0 Å². The van der Waals surface area contributed by atoms with Gasteiger partial charge in [0.25, 0.3) is 0 Å². The van der Waals surface area contributed by atoms with Crippen LogP contribution in [0.25, 0.3) is 0 Å². The van der Waals surface area contributed by atoms with E-state index >= 15 is 0 Å². The van der Waals surface area contributed by atoms with Crippen molar-refractivity contribution in [1.82, 2.24) is 15.1 Å². The van der Waals surface area contributed by atoms with E-state index in [9.17, 15) is 0 Å². The molecule has 0 fully saturated rings. The average Bonchev–Trinajstić information content (AvgIpc) is 2.79. The van der Waals surface area contributed by atoms with Crippen molar-refractivity contribution in [2.75, 3.05) is 6.54 Å². The van der Waals surface area contributed by atoms with Crippen molar-refractivity contribution in [2.45, 2.75) is 26.4 Å². The normalized spacial score (nSPS) is 10.9. The van der Waals surface area contributed by atoms with Gasteiger partial charge in [-0.25, -0.2) is 0 Å². The number of rotatable bonds is 6. The maximum Gasteiger partial charge on any atom is 0.0670 e. The van der Waals surface area contributed by atoms with Gasteiger partial charge < -0.3 is 5.32 Å². The highest BCUT2D eigenvalue weighted by atomic mass is 127. The molecule has 102 valence electrons. The molecule has 1 aromatic carbocycles. The van der Waals surface area contributed by atoms with Gasteiger partial charge in [-0.1, -0.05) is 35.0 Å². The first-order chi connectivity index (χ1) is 9.19. The van der Waals surface area contributed by atoms with Crippen LogP contribution in [0.3, 0.4) is 0 Å². The SMILES string of the molecule is CCCNCc1ccc(Cn2cc(I)cn2)c(Br)c1. The van der Waals surface area contributed by atoms with Gasteiger partial charge >= 0.3 is 0 Å². The van der Waals surface area contributed by atoms with E-state index in [2.05, 4.69) is 74.1 Å². The van der Waals surface area contributed by atoms with Crippen molar-refractivity contribution in [1.29, 1.82) is 0 Å². The molecule has 2 aromatic rings. The zero-order valence-corrected chi connectivity index (χ0v) is 14.6. The van der Waals surface area contributed by atoms with Crippen LogP contribution in [0.5, 0.6) is 0 Å². The smallest absolute Gasteiger partial charge is 0.0670 e. The van der Waals surface area contributed by atoms with Gasteiger partial charge in [-0.15, -0.1) is 0 Å². The molecule has 0 spiro atoms. The van der Waals surface area contributed by atoms with Crippen LogP contribution >= 0.6 is 38.5 Å². The Labute approximate surface area is 136 Å². The highest BCUT2D eigenvalue weighted by Gasteiger charge is 2.04. The lowest BCUT2D eigenvalue weighted by atomic mass is 10.1. The molecule has 0 aliphatic rings. The fourth-order valence-electron chi connectivity index (χ4n) is 1.84. The van der Waals surface area contributed by atoms with Crippen LogP contribution < -0.4 is 5.32 Å². The molecule has 3 nitrogen and oxygen atoms in total. The zero-order valence-electron chi connectivity index (χ0n) is 10.9. The molecule has 2 rings (SSSR count). The molecule has 0 atom stereocenters. The Morgan fingerprint density at radius 1 is 1.42 bits per heavy atom. The second-order valence-electron chi connectivity index (χ2n) is 4.46. The summed E-state index contributed by atoms with van der Waals surface area (Å²) in [5.74, 6) is 0. The molecule has 1 heterocycles. The van der Waals surface area contributed by atoms with E-state index in [1.165, 1.54) is 11.1 Å². The standard InChI is InChI=1S/C14H17BrIN3/c1-2-5-17-7-11-3-4-12(14(15)6-11)9-19-10-13(16)8-18-19/h3-4,6,8,10,17H,2,5,7,9H2,1H3. The van der Waals surface area contributed by atoms with Crippen molar-refractivity contribution >= 4 is 38.5 Å². The number of aromatic nitrogens is 2. The zero-order chi connectivity index (χ0) is 13.7. The molecule has 5 heteroatoms. The summed E-state index contributed by atoms with van der Waals surface area (Å²) in [5.41, 5.74) is 2.55. The number of nitrogens with one attached hydrogen (secondary N) is 1. The van der Waals surface area contributed by atoms with Crippen molar-refractivity contribution in [3.05, 3.63) is 49.8 Å². The van der Waals surface area contributed by atoms with Crippen molar-refractivity contribution in [3.63, 3.8) is 0 Å². The Kier molecular flexibility index (Phi) is 5.84. The van der Waals surface area contributed by atoms with Crippen LogP contribution in [0.15, 0.2) is 35.1 Å². The fraction of sp³-hybridized carbons (Fsp3) is 0.357. The molecule has 0 radical (unpaired) electrons. The van der Waals surface area contributed by atoms with Gasteiger partial charge in [0, 0.05) is 17.2 Å².